The predicted molar refractivity (Wildman–Crippen MR) is 72.8 cm³/mol. The van der Waals surface area contributed by atoms with Gasteiger partial charge in [-0.15, -0.1) is 0 Å². The largest absolute Gasteiger partial charge is 0.471 e. The Balaban J connectivity index is 2.18. The summed E-state index contributed by atoms with van der Waals surface area (Å²) in [6.45, 7) is 4.96. The molecular weight excluding hydrogens is 250 g/mol. The molecule has 0 spiro atoms. The van der Waals surface area contributed by atoms with E-state index in [0.717, 1.165) is 17.8 Å². The highest BCUT2D eigenvalue weighted by Gasteiger charge is 2.13. The summed E-state index contributed by atoms with van der Waals surface area (Å²) in [6.07, 6.45) is 0. The van der Waals surface area contributed by atoms with Gasteiger partial charge in [-0.25, -0.2) is 4.68 Å². The third-order valence-electron chi connectivity index (χ3n) is 2.75. The first-order valence-electron chi connectivity index (χ1n) is 5.82. The number of nitrogens with two attached hydrogens (primary N) is 1. The van der Waals surface area contributed by atoms with Crippen molar-refractivity contribution in [2.45, 2.75) is 27.0 Å². The normalized spacial score (nSPS) is 10.6. The second-order valence-corrected chi connectivity index (χ2v) is 4.41. The summed E-state index contributed by atoms with van der Waals surface area (Å²) in [7, 11) is 0. The van der Waals surface area contributed by atoms with Crippen LogP contribution in [0.4, 0.5) is 5.69 Å². The molecule has 0 aliphatic carbocycles. The van der Waals surface area contributed by atoms with Gasteiger partial charge in [0.1, 0.15) is 12.3 Å². The predicted octanol–water partition coefficient (Wildman–Crippen LogP) is 3.03. The Morgan fingerprint density at radius 2 is 2.11 bits per heavy atom. The van der Waals surface area contributed by atoms with E-state index in [2.05, 4.69) is 5.10 Å². The van der Waals surface area contributed by atoms with Crippen LogP contribution >= 0.6 is 11.6 Å². The van der Waals surface area contributed by atoms with Crippen molar-refractivity contribution in [3.8, 4) is 5.88 Å². The van der Waals surface area contributed by atoms with Crippen LogP contribution < -0.4 is 10.5 Å². The third-order valence-corrected chi connectivity index (χ3v) is 3.12. The van der Waals surface area contributed by atoms with E-state index in [0.29, 0.717) is 23.2 Å². The number of aryl methyl sites for hydroxylation is 2. The van der Waals surface area contributed by atoms with Crippen molar-refractivity contribution in [1.29, 1.82) is 0 Å². The van der Waals surface area contributed by atoms with E-state index in [1.807, 2.05) is 38.1 Å². The summed E-state index contributed by atoms with van der Waals surface area (Å²) in [4.78, 5) is 0. The van der Waals surface area contributed by atoms with E-state index >= 15 is 0 Å². The summed E-state index contributed by atoms with van der Waals surface area (Å²) >= 11 is 6.08. The molecule has 0 bridgehead atoms. The molecule has 0 unspecified atom stereocenters. The molecule has 2 N–H and O–H groups in total. The fraction of sp³-hybridized carbons (Fsp3) is 0.308. The van der Waals surface area contributed by atoms with E-state index in [9.17, 15) is 0 Å². The van der Waals surface area contributed by atoms with Gasteiger partial charge in [0.05, 0.1) is 5.69 Å². The molecule has 1 aromatic carbocycles. The Kier molecular flexibility index (Phi) is 3.77. The van der Waals surface area contributed by atoms with Gasteiger partial charge >= 0.3 is 0 Å². The molecule has 0 saturated heterocycles. The number of nitrogens with zero attached hydrogens (tertiary/aromatic N) is 2. The average molecular weight is 266 g/mol. The van der Waals surface area contributed by atoms with E-state index in [1.165, 1.54) is 0 Å². The fourth-order valence-electron chi connectivity index (χ4n) is 1.70. The number of rotatable bonds is 4. The van der Waals surface area contributed by atoms with Crippen molar-refractivity contribution in [2.75, 3.05) is 5.73 Å². The molecule has 0 atom stereocenters. The first-order valence-corrected chi connectivity index (χ1v) is 6.20. The van der Waals surface area contributed by atoms with Gasteiger partial charge < -0.3 is 10.5 Å². The van der Waals surface area contributed by atoms with Gasteiger partial charge in [-0.05, 0) is 19.9 Å². The summed E-state index contributed by atoms with van der Waals surface area (Å²) in [5.41, 5.74) is 8.24. The minimum absolute atomic E-state index is 0.384. The number of hydrogen-bond donors (Lipinski definition) is 1. The summed E-state index contributed by atoms with van der Waals surface area (Å²) in [5.74, 6) is 0.606. The number of aromatic nitrogens is 2. The Bertz CT molecular complexity index is 551. The molecule has 0 radical (unpaired) electrons. The van der Waals surface area contributed by atoms with Gasteiger partial charge in [0, 0.05) is 17.1 Å². The number of benzene rings is 1. The summed E-state index contributed by atoms with van der Waals surface area (Å²) in [6, 6.07) is 7.58. The van der Waals surface area contributed by atoms with E-state index < -0.39 is 0 Å². The summed E-state index contributed by atoms with van der Waals surface area (Å²) < 4.78 is 7.49. The lowest BCUT2D eigenvalue weighted by Gasteiger charge is -2.09. The van der Waals surface area contributed by atoms with Crippen LogP contribution in [0, 0.1) is 6.92 Å². The Morgan fingerprint density at radius 3 is 2.78 bits per heavy atom. The van der Waals surface area contributed by atoms with Crippen molar-refractivity contribution in [2.24, 2.45) is 0 Å². The molecule has 2 rings (SSSR count). The molecule has 0 aliphatic heterocycles. The minimum Gasteiger partial charge on any atom is -0.471 e. The topological polar surface area (TPSA) is 53.1 Å². The van der Waals surface area contributed by atoms with Crippen molar-refractivity contribution < 1.29 is 4.74 Å². The van der Waals surface area contributed by atoms with Gasteiger partial charge in [-0.1, -0.05) is 29.8 Å². The molecule has 1 aromatic heterocycles. The Hall–Kier alpha value is -1.68. The van der Waals surface area contributed by atoms with Gasteiger partial charge in [-0.3, -0.25) is 0 Å². The van der Waals surface area contributed by atoms with Crippen LogP contribution in [0.3, 0.4) is 0 Å². The molecule has 18 heavy (non-hydrogen) atoms. The van der Waals surface area contributed by atoms with E-state index in [-0.39, 0.29) is 0 Å². The zero-order valence-corrected chi connectivity index (χ0v) is 11.2. The maximum Gasteiger partial charge on any atom is 0.236 e. The highest BCUT2D eigenvalue weighted by atomic mass is 35.5. The second kappa shape index (κ2) is 5.31. The van der Waals surface area contributed by atoms with E-state index in [1.54, 1.807) is 4.68 Å². The molecule has 4 nitrogen and oxygen atoms in total. The zero-order chi connectivity index (χ0) is 13.1. The molecule has 2 aromatic rings. The Labute approximate surface area is 111 Å². The Morgan fingerprint density at radius 1 is 1.39 bits per heavy atom. The minimum atomic E-state index is 0.384. The van der Waals surface area contributed by atoms with Crippen molar-refractivity contribution in [3.05, 3.63) is 40.5 Å². The number of ether oxygens (including phenoxy) is 1. The van der Waals surface area contributed by atoms with Crippen molar-refractivity contribution in [1.82, 2.24) is 9.78 Å². The lowest BCUT2D eigenvalue weighted by molar-refractivity contribution is 0.275. The molecule has 5 heteroatoms. The molecule has 0 amide bonds. The quantitative estimate of drug-likeness (QED) is 0.924. The second-order valence-electron chi connectivity index (χ2n) is 4.00. The van der Waals surface area contributed by atoms with Gasteiger partial charge in [-0.2, -0.15) is 5.10 Å². The monoisotopic (exact) mass is 265 g/mol. The standard InChI is InChI=1S/C13H16ClN3O/c1-3-17-13(12(15)9(2)16-17)18-8-10-6-4-5-7-11(10)14/h4-7H,3,8,15H2,1-2H3. The molecule has 96 valence electrons. The van der Waals surface area contributed by atoms with Crippen LogP contribution in [-0.4, -0.2) is 9.78 Å². The van der Waals surface area contributed by atoms with Crippen LogP contribution in [0.15, 0.2) is 24.3 Å². The van der Waals surface area contributed by atoms with Crippen LogP contribution in [-0.2, 0) is 13.2 Å². The maximum atomic E-state index is 6.08. The molecule has 0 aliphatic rings. The molecule has 0 saturated carbocycles. The van der Waals surface area contributed by atoms with Crippen LogP contribution in [0.2, 0.25) is 5.02 Å². The number of hydrogen-bond acceptors (Lipinski definition) is 3. The molecule has 0 fully saturated rings. The number of nitrogen functional groups attached to an aromatic ring is 1. The maximum absolute atomic E-state index is 6.08. The smallest absolute Gasteiger partial charge is 0.236 e. The van der Waals surface area contributed by atoms with E-state index in [4.69, 9.17) is 22.1 Å². The molecular formula is C13H16ClN3O. The lowest BCUT2D eigenvalue weighted by Crippen LogP contribution is -2.05. The van der Waals surface area contributed by atoms with Gasteiger partial charge in [0.25, 0.3) is 0 Å². The third kappa shape index (κ3) is 2.43. The van der Waals surface area contributed by atoms with Crippen LogP contribution in [0.1, 0.15) is 18.2 Å². The van der Waals surface area contributed by atoms with Crippen LogP contribution in [0.25, 0.3) is 0 Å². The molecule has 1 heterocycles. The SMILES string of the molecule is CCn1nc(C)c(N)c1OCc1ccccc1Cl. The average Bonchev–Trinajstić information content (AvgIpc) is 2.65. The van der Waals surface area contributed by atoms with Gasteiger partial charge in [0.15, 0.2) is 0 Å². The zero-order valence-electron chi connectivity index (χ0n) is 10.5. The highest BCUT2D eigenvalue weighted by Crippen LogP contribution is 2.26. The van der Waals surface area contributed by atoms with Gasteiger partial charge in [0.2, 0.25) is 5.88 Å². The number of anilines is 1. The summed E-state index contributed by atoms with van der Waals surface area (Å²) in [5, 5.41) is 4.99. The first-order chi connectivity index (χ1) is 8.63. The van der Waals surface area contributed by atoms with Crippen molar-refractivity contribution >= 4 is 17.3 Å². The highest BCUT2D eigenvalue weighted by molar-refractivity contribution is 6.31. The van der Waals surface area contributed by atoms with Crippen molar-refractivity contribution in [3.63, 3.8) is 0 Å². The van der Waals surface area contributed by atoms with Crippen LogP contribution in [0.5, 0.6) is 5.88 Å². The lowest BCUT2D eigenvalue weighted by atomic mass is 10.2. The number of halogens is 1. The fourth-order valence-corrected chi connectivity index (χ4v) is 1.89. The first kappa shape index (κ1) is 12.8.